The van der Waals surface area contributed by atoms with E-state index in [1.54, 1.807) is 36.7 Å². The number of hydrogen-bond donors (Lipinski definition) is 0. The van der Waals surface area contributed by atoms with Crippen molar-refractivity contribution >= 4 is 28.6 Å². The molecule has 0 bridgehead atoms. The summed E-state index contributed by atoms with van der Waals surface area (Å²) in [5, 5.41) is 1.00. The van der Waals surface area contributed by atoms with Crippen LogP contribution >= 0.6 is 11.6 Å². The Morgan fingerprint density at radius 3 is 2.62 bits per heavy atom. The molecule has 2 aromatic carbocycles. The Hall–Kier alpha value is -3.42. The summed E-state index contributed by atoms with van der Waals surface area (Å²) in [6, 6.07) is 14.9. The van der Waals surface area contributed by atoms with Gasteiger partial charge in [0.1, 0.15) is 12.4 Å². The molecule has 0 spiro atoms. The second kappa shape index (κ2) is 8.98. The highest BCUT2D eigenvalue weighted by molar-refractivity contribution is 6.30. The van der Waals surface area contributed by atoms with E-state index in [0.29, 0.717) is 60.2 Å². The Bertz CT molecular complexity index is 1290. The van der Waals surface area contributed by atoms with Crippen molar-refractivity contribution in [2.75, 3.05) is 31.2 Å². The van der Waals surface area contributed by atoms with Gasteiger partial charge >= 0.3 is 6.01 Å². The number of anilines is 1. The van der Waals surface area contributed by atoms with Gasteiger partial charge in [0.25, 0.3) is 5.56 Å². The van der Waals surface area contributed by atoms with E-state index in [1.807, 2.05) is 29.2 Å². The average Bonchev–Trinajstić information content (AvgIpc) is 2.84. The third-order valence-electron chi connectivity index (χ3n) is 5.27. The lowest BCUT2D eigenvalue weighted by atomic mass is 10.0. The van der Waals surface area contributed by atoms with Crippen molar-refractivity contribution < 1.29 is 13.9 Å². The molecule has 162 valence electrons. The minimum Gasteiger partial charge on any atom is -0.488 e. The van der Waals surface area contributed by atoms with E-state index >= 15 is 0 Å². The van der Waals surface area contributed by atoms with Gasteiger partial charge in [0, 0.05) is 36.1 Å². The minimum atomic E-state index is -0.346. The zero-order chi connectivity index (χ0) is 21.9. The van der Waals surface area contributed by atoms with Crippen LogP contribution in [-0.4, -0.2) is 36.3 Å². The monoisotopic (exact) mass is 449 g/mol. The number of rotatable bonds is 5. The van der Waals surface area contributed by atoms with Crippen molar-refractivity contribution in [2.45, 2.75) is 6.61 Å². The van der Waals surface area contributed by atoms with Gasteiger partial charge in [-0.2, -0.15) is 4.98 Å². The van der Waals surface area contributed by atoms with Gasteiger partial charge in [-0.25, -0.2) is 0 Å². The highest BCUT2D eigenvalue weighted by Crippen LogP contribution is 2.38. The lowest BCUT2D eigenvalue weighted by Crippen LogP contribution is -2.37. The molecule has 0 aliphatic carbocycles. The van der Waals surface area contributed by atoms with Crippen molar-refractivity contribution in [3.63, 3.8) is 0 Å². The van der Waals surface area contributed by atoms with Crippen molar-refractivity contribution in [2.24, 2.45) is 0 Å². The largest absolute Gasteiger partial charge is 0.488 e. The van der Waals surface area contributed by atoms with E-state index in [0.717, 1.165) is 11.1 Å². The minimum absolute atomic E-state index is 0.283. The van der Waals surface area contributed by atoms with Crippen LogP contribution in [0, 0.1) is 0 Å². The Morgan fingerprint density at radius 2 is 1.88 bits per heavy atom. The maximum atomic E-state index is 12.9. The number of hydrogen-bond acceptors (Lipinski definition) is 7. The molecule has 0 N–H and O–H groups in total. The summed E-state index contributed by atoms with van der Waals surface area (Å²) in [5.74, 6) is 0.589. The van der Waals surface area contributed by atoms with E-state index in [-0.39, 0.29) is 11.6 Å². The summed E-state index contributed by atoms with van der Waals surface area (Å²) < 4.78 is 17.8. The zero-order valence-electron chi connectivity index (χ0n) is 17.2. The van der Waals surface area contributed by atoms with Crippen LogP contribution in [0.5, 0.6) is 5.75 Å². The van der Waals surface area contributed by atoms with E-state index in [1.165, 1.54) is 0 Å². The van der Waals surface area contributed by atoms with Crippen LogP contribution in [0.2, 0.25) is 5.02 Å². The molecule has 0 radical (unpaired) electrons. The third kappa shape index (κ3) is 4.17. The number of ether oxygens (including phenoxy) is 2. The fourth-order valence-corrected chi connectivity index (χ4v) is 3.77. The van der Waals surface area contributed by atoms with E-state index in [4.69, 9.17) is 25.5 Å². The maximum Gasteiger partial charge on any atom is 0.301 e. The number of pyridine rings is 1. The second-order valence-corrected chi connectivity index (χ2v) is 7.81. The quantitative estimate of drug-likeness (QED) is 0.449. The SMILES string of the molecule is O=c1nc(N2CCOCC2)oc2c(-c3ccc(Cl)cc3)c(OCc3cccnc3)ccc12. The number of benzene rings is 2. The lowest BCUT2D eigenvalue weighted by molar-refractivity contribution is 0.120. The summed E-state index contributed by atoms with van der Waals surface area (Å²) in [5.41, 5.74) is 2.51. The summed E-state index contributed by atoms with van der Waals surface area (Å²) in [4.78, 5) is 23.1. The molecule has 0 amide bonds. The summed E-state index contributed by atoms with van der Waals surface area (Å²) in [6.45, 7) is 2.65. The molecule has 1 aliphatic rings. The number of morpholine rings is 1. The first-order valence-electron chi connectivity index (χ1n) is 10.3. The van der Waals surface area contributed by atoms with Gasteiger partial charge in [0.05, 0.1) is 24.2 Å². The van der Waals surface area contributed by atoms with E-state index < -0.39 is 0 Å². The number of fused-ring (bicyclic) bond motifs is 1. The van der Waals surface area contributed by atoms with Crippen LogP contribution in [0.15, 0.2) is 70.1 Å². The van der Waals surface area contributed by atoms with Crippen LogP contribution in [0.25, 0.3) is 22.1 Å². The van der Waals surface area contributed by atoms with Gasteiger partial charge in [-0.1, -0.05) is 29.8 Å². The summed E-state index contributed by atoms with van der Waals surface area (Å²) >= 11 is 6.11. The Balaban J connectivity index is 1.65. The van der Waals surface area contributed by atoms with Crippen LogP contribution in [0.1, 0.15) is 5.56 Å². The Kier molecular flexibility index (Phi) is 5.75. The molecule has 1 saturated heterocycles. The predicted molar refractivity (Wildman–Crippen MR) is 122 cm³/mol. The van der Waals surface area contributed by atoms with Gasteiger partial charge in [-0.15, -0.1) is 0 Å². The standard InChI is InChI=1S/C24H20ClN3O4/c25-18-5-3-17(4-6-18)21-20(31-15-16-2-1-9-26-14-16)8-7-19-22(21)32-24(27-23(19)29)28-10-12-30-13-11-28/h1-9,14H,10-13,15H2. The lowest BCUT2D eigenvalue weighted by Gasteiger charge is -2.26. The molecule has 0 saturated carbocycles. The normalized spacial score (nSPS) is 14.0. The van der Waals surface area contributed by atoms with E-state index in [9.17, 15) is 4.79 Å². The van der Waals surface area contributed by atoms with Gasteiger partial charge in [0.2, 0.25) is 0 Å². The van der Waals surface area contributed by atoms with Crippen LogP contribution in [0.3, 0.4) is 0 Å². The van der Waals surface area contributed by atoms with E-state index in [2.05, 4.69) is 9.97 Å². The molecule has 4 aromatic rings. The molecule has 3 heterocycles. The number of nitrogens with zero attached hydrogens (tertiary/aromatic N) is 3. The van der Waals surface area contributed by atoms with Gasteiger partial charge in [-0.05, 0) is 35.9 Å². The average molecular weight is 450 g/mol. The topological polar surface area (TPSA) is 77.7 Å². The summed E-state index contributed by atoms with van der Waals surface area (Å²) in [6.07, 6.45) is 3.47. The van der Waals surface area contributed by atoms with Crippen LogP contribution < -0.4 is 15.2 Å². The fourth-order valence-electron chi connectivity index (χ4n) is 3.64. The van der Waals surface area contributed by atoms with Crippen molar-refractivity contribution in [1.82, 2.24) is 9.97 Å². The van der Waals surface area contributed by atoms with Crippen molar-refractivity contribution in [1.29, 1.82) is 0 Å². The molecule has 0 atom stereocenters. The molecule has 32 heavy (non-hydrogen) atoms. The highest BCUT2D eigenvalue weighted by atomic mass is 35.5. The number of aromatic nitrogens is 2. The van der Waals surface area contributed by atoms with Crippen LogP contribution in [0.4, 0.5) is 6.01 Å². The predicted octanol–water partition coefficient (Wildman–Crippen LogP) is 4.32. The fraction of sp³-hybridized carbons (Fsp3) is 0.208. The molecule has 2 aromatic heterocycles. The van der Waals surface area contributed by atoms with Crippen molar-refractivity contribution in [3.8, 4) is 16.9 Å². The highest BCUT2D eigenvalue weighted by Gasteiger charge is 2.21. The Morgan fingerprint density at radius 1 is 1.06 bits per heavy atom. The molecule has 1 fully saturated rings. The first kappa shape index (κ1) is 20.5. The second-order valence-electron chi connectivity index (χ2n) is 7.37. The van der Waals surface area contributed by atoms with Gasteiger partial charge in [-0.3, -0.25) is 9.78 Å². The first-order valence-corrected chi connectivity index (χ1v) is 10.6. The molecule has 7 nitrogen and oxygen atoms in total. The first-order chi connectivity index (χ1) is 15.7. The molecule has 1 aliphatic heterocycles. The zero-order valence-corrected chi connectivity index (χ0v) is 17.9. The molecule has 5 rings (SSSR count). The summed E-state index contributed by atoms with van der Waals surface area (Å²) in [7, 11) is 0. The van der Waals surface area contributed by atoms with Gasteiger partial charge in [0.15, 0.2) is 5.58 Å². The third-order valence-corrected chi connectivity index (χ3v) is 5.52. The smallest absolute Gasteiger partial charge is 0.301 e. The van der Waals surface area contributed by atoms with Crippen molar-refractivity contribution in [3.05, 3.63) is 81.9 Å². The van der Waals surface area contributed by atoms with Gasteiger partial charge < -0.3 is 18.8 Å². The molecule has 0 unspecified atom stereocenters. The molecular formula is C24H20ClN3O4. The Labute approximate surface area is 189 Å². The number of halogens is 1. The molecular weight excluding hydrogens is 430 g/mol. The van der Waals surface area contributed by atoms with Crippen LogP contribution in [-0.2, 0) is 11.3 Å². The molecule has 8 heteroatoms. The maximum absolute atomic E-state index is 12.9.